The number of nitrogens with one attached hydrogen (secondary N) is 2. The first-order valence-corrected chi connectivity index (χ1v) is 9.11. The summed E-state index contributed by atoms with van der Waals surface area (Å²) in [6.07, 6.45) is 0.868. The van der Waals surface area contributed by atoms with Crippen LogP contribution in [0.2, 0.25) is 0 Å². The van der Waals surface area contributed by atoms with Crippen molar-refractivity contribution in [3.63, 3.8) is 0 Å². The fourth-order valence-corrected chi connectivity index (χ4v) is 3.05. The number of guanidine groups is 1. The van der Waals surface area contributed by atoms with E-state index in [2.05, 4.69) is 37.7 Å². The Morgan fingerprint density at radius 3 is 2.56 bits per heavy atom. The van der Waals surface area contributed by atoms with Gasteiger partial charge in [-0.25, -0.2) is 9.98 Å². The minimum absolute atomic E-state index is 0.467. The van der Waals surface area contributed by atoms with Crippen molar-refractivity contribution in [1.82, 2.24) is 30.4 Å². The average molecular weight is 366 g/mol. The summed E-state index contributed by atoms with van der Waals surface area (Å²) in [6, 6.07) is 0. The van der Waals surface area contributed by atoms with Gasteiger partial charge in [0.15, 0.2) is 11.8 Å². The van der Waals surface area contributed by atoms with Gasteiger partial charge >= 0.3 is 0 Å². The van der Waals surface area contributed by atoms with Gasteiger partial charge in [-0.1, -0.05) is 0 Å². The third-order valence-electron chi connectivity index (χ3n) is 3.86. The van der Waals surface area contributed by atoms with Gasteiger partial charge in [0.25, 0.3) is 0 Å². The van der Waals surface area contributed by atoms with E-state index in [0.29, 0.717) is 19.7 Å². The summed E-state index contributed by atoms with van der Waals surface area (Å²) in [6.45, 7) is 8.62. The number of aryl methyl sites for hydroxylation is 3. The molecule has 0 amide bonds. The molecule has 0 aliphatic heterocycles. The number of thiazole rings is 1. The molecule has 2 N–H and O–H groups in total. The van der Waals surface area contributed by atoms with Crippen molar-refractivity contribution in [2.75, 3.05) is 26.8 Å². The second-order valence-electron chi connectivity index (χ2n) is 5.73. The molecule has 8 nitrogen and oxygen atoms in total. The van der Waals surface area contributed by atoms with E-state index in [0.717, 1.165) is 41.3 Å². The molecule has 0 saturated heterocycles. The lowest BCUT2D eigenvalue weighted by Crippen LogP contribution is -2.40. The number of hydrogen-bond donors (Lipinski definition) is 2. The molecule has 138 valence electrons. The summed E-state index contributed by atoms with van der Waals surface area (Å²) < 4.78 is 7.03. The molecule has 0 bridgehead atoms. The molecule has 0 fully saturated rings. The summed E-state index contributed by atoms with van der Waals surface area (Å²) in [5.41, 5.74) is 1.12. The topological polar surface area (TPSA) is 89.2 Å². The summed E-state index contributed by atoms with van der Waals surface area (Å²) in [4.78, 5) is 10.4. The van der Waals surface area contributed by atoms with Crippen LogP contribution in [0.25, 0.3) is 0 Å². The van der Waals surface area contributed by atoms with Crippen molar-refractivity contribution >= 4 is 17.3 Å². The van der Waals surface area contributed by atoms with Gasteiger partial charge in [-0.3, -0.25) is 0 Å². The van der Waals surface area contributed by atoms with E-state index in [1.807, 2.05) is 25.5 Å². The van der Waals surface area contributed by atoms with Crippen molar-refractivity contribution in [3.8, 4) is 0 Å². The Bertz CT molecular complexity index is 688. The second-order valence-corrected chi connectivity index (χ2v) is 7.02. The Hall–Kier alpha value is -2.00. The maximum Gasteiger partial charge on any atom is 0.191 e. The van der Waals surface area contributed by atoms with Gasteiger partial charge in [0.2, 0.25) is 0 Å². The van der Waals surface area contributed by atoms with Gasteiger partial charge in [-0.15, -0.1) is 21.5 Å². The predicted molar refractivity (Wildman–Crippen MR) is 100 cm³/mol. The van der Waals surface area contributed by atoms with Crippen molar-refractivity contribution in [1.29, 1.82) is 0 Å². The minimum atomic E-state index is 0.467. The Morgan fingerprint density at radius 2 is 1.96 bits per heavy atom. The van der Waals surface area contributed by atoms with Crippen molar-refractivity contribution in [2.45, 2.75) is 33.7 Å². The molecule has 2 aromatic heterocycles. The van der Waals surface area contributed by atoms with E-state index >= 15 is 0 Å². The van der Waals surface area contributed by atoms with Gasteiger partial charge < -0.3 is 19.9 Å². The van der Waals surface area contributed by atoms with E-state index in [1.165, 1.54) is 4.88 Å². The highest BCUT2D eigenvalue weighted by molar-refractivity contribution is 7.11. The van der Waals surface area contributed by atoms with E-state index in [1.54, 1.807) is 18.4 Å². The quantitative estimate of drug-likeness (QED) is 0.414. The maximum atomic E-state index is 5.09. The van der Waals surface area contributed by atoms with Gasteiger partial charge in [-0.05, 0) is 20.8 Å². The van der Waals surface area contributed by atoms with E-state index in [9.17, 15) is 0 Å². The first-order chi connectivity index (χ1) is 12.0. The van der Waals surface area contributed by atoms with Crippen molar-refractivity contribution < 1.29 is 4.74 Å². The van der Waals surface area contributed by atoms with Gasteiger partial charge in [0.1, 0.15) is 12.4 Å². The van der Waals surface area contributed by atoms with Gasteiger partial charge in [-0.2, -0.15) is 0 Å². The Morgan fingerprint density at radius 1 is 1.20 bits per heavy atom. The summed E-state index contributed by atoms with van der Waals surface area (Å²) >= 11 is 1.75. The van der Waals surface area contributed by atoms with Crippen LogP contribution in [0.3, 0.4) is 0 Å². The van der Waals surface area contributed by atoms with E-state index < -0.39 is 0 Å². The molecule has 0 atom stereocenters. The van der Waals surface area contributed by atoms with E-state index in [4.69, 9.17) is 4.74 Å². The largest absolute Gasteiger partial charge is 0.383 e. The molecule has 0 unspecified atom stereocenters. The smallest absolute Gasteiger partial charge is 0.191 e. The first-order valence-electron chi connectivity index (χ1n) is 8.30. The highest BCUT2D eigenvalue weighted by atomic mass is 32.1. The molecule has 0 aromatic carbocycles. The molecule has 0 saturated carbocycles. The molecule has 9 heteroatoms. The van der Waals surface area contributed by atoms with Gasteiger partial charge in [0, 0.05) is 38.5 Å². The molecule has 2 rings (SSSR count). The third-order valence-corrected chi connectivity index (χ3v) is 5.00. The van der Waals surface area contributed by atoms with Crippen LogP contribution in [0.4, 0.5) is 0 Å². The molecule has 0 aliphatic carbocycles. The van der Waals surface area contributed by atoms with Crippen LogP contribution in [0.1, 0.15) is 27.2 Å². The van der Waals surface area contributed by atoms with Crippen LogP contribution in [0, 0.1) is 20.8 Å². The van der Waals surface area contributed by atoms with Crippen molar-refractivity contribution in [3.05, 3.63) is 27.2 Å². The first kappa shape index (κ1) is 19.3. The lowest BCUT2D eigenvalue weighted by Gasteiger charge is -2.11. The number of aromatic nitrogens is 4. The van der Waals surface area contributed by atoms with Crippen LogP contribution < -0.4 is 10.6 Å². The normalized spacial score (nSPS) is 11.8. The lowest BCUT2D eigenvalue weighted by atomic mass is 10.4. The highest BCUT2D eigenvalue weighted by Gasteiger charge is 2.06. The zero-order chi connectivity index (χ0) is 18.2. The highest BCUT2D eigenvalue weighted by Crippen LogP contribution is 2.16. The number of rotatable bonds is 8. The van der Waals surface area contributed by atoms with Crippen LogP contribution in [-0.2, 0) is 24.8 Å². The van der Waals surface area contributed by atoms with E-state index in [-0.39, 0.29) is 0 Å². The molecular formula is C16H27N7OS. The number of aliphatic imine (C=N–C) groups is 1. The average Bonchev–Trinajstić information content (AvgIpc) is 3.07. The molecule has 0 aliphatic rings. The van der Waals surface area contributed by atoms with Crippen LogP contribution in [0.5, 0.6) is 0 Å². The SMILES string of the molecule is COCCNC(=NCc1nnc(C)n1C)NCCc1nc(C)c(C)s1. The molecule has 0 spiro atoms. The molecule has 2 heterocycles. The second kappa shape index (κ2) is 9.47. The molecule has 0 radical (unpaired) electrons. The molecule has 25 heavy (non-hydrogen) atoms. The lowest BCUT2D eigenvalue weighted by molar-refractivity contribution is 0.203. The number of nitrogens with zero attached hydrogens (tertiary/aromatic N) is 5. The number of hydrogen-bond acceptors (Lipinski definition) is 6. The predicted octanol–water partition coefficient (Wildman–Crippen LogP) is 1.12. The van der Waals surface area contributed by atoms with Crippen LogP contribution in [0.15, 0.2) is 4.99 Å². The van der Waals surface area contributed by atoms with Crippen molar-refractivity contribution in [2.24, 2.45) is 12.0 Å². The zero-order valence-corrected chi connectivity index (χ0v) is 16.4. The van der Waals surface area contributed by atoms with Crippen LogP contribution in [-0.4, -0.2) is 52.5 Å². The fraction of sp³-hybridized carbons (Fsp3) is 0.625. The van der Waals surface area contributed by atoms with Crippen LogP contribution >= 0.6 is 11.3 Å². The third kappa shape index (κ3) is 5.79. The molecular weight excluding hydrogens is 338 g/mol. The Labute approximate surface area is 152 Å². The minimum Gasteiger partial charge on any atom is -0.383 e. The standard InChI is InChI=1S/C16H27N7OS/c1-11-12(2)25-15(20-11)6-7-17-16(18-8-9-24-5)19-10-14-22-21-13(3)23(14)4/h6-10H2,1-5H3,(H2,17,18,19). The monoisotopic (exact) mass is 365 g/mol. The zero-order valence-electron chi connectivity index (χ0n) is 15.6. The Kier molecular flexibility index (Phi) is 7.32. The number of ether oxygens (including phenoxy) is 1. The summed E-state index contributed by atoms with van der Waals surface area (Å²) in [5.74, 6) is 2.45. The summed E-state index contributed by atoms with van der Waals surface area (Å²) in [5, 5.41) is 15.9. The molecule has 2 aromatic rings. The maximum absolute atomic E-state index is 5.09. The fourth-order valence-electron chi connectivity index (χ4n) is 2.12. The summed E-state index contributed by atoms with van der Waals surface area (Å²) in [7, 11) is 3.63. The van der Waals surface area contributed by atoms with Gasteiger partial charge in [0.05, 0.1) is 17.3 Å². The Balaban J connectivity index is 1.92. The number of methoxy groups -OCH3 is 1.